The zero-order valence-corrected chi connectivity index (χ0v) is 11.6. The van der Waals surface area contributed by atoms with E-state index in [0.717, 1.165) is 5.56 Å². The number of carbonyl (C=O) groups is 1. The Labute approximate surface area is 118 Å². The lowest BCUT2D eigenvalue weighted by Gasteiger charge is -2.20. The van der Waals surface area contributed by atoms with Crippen LogP contribution < -0.4 is 16.4 Å². The second kappa shape index (κ2) is 5.61. The summed E-state index contributed by atoms with van der Waals surface area (Å²) in [5, 5.41) is 0. The van der Waals surface area contributed by atoms with Crippen LogP contribution >= 0.6 is 0 Å². The lowest BCUT2D eigenvalue weighted by molar-refractivity contribution is 0.100. The summed E-state index contributed by atoms with van der Waals surface area (Å²) >= 11 is 0. The topological polar surface area (TPSA) is 85.2 Å². The molecule has 0 aliphatic rings. The molecule has 1 aromatic heterocycles. The Morgan fingerprint density at radius 2 is 2.10 bits per heavy atom. The monoisotopic (exact) mass is 270 g/mol. The van der Waals surface area contributed by atoms with Crippen LogP contribution in [0.4, 0.5) is 11.5 Å². The molecule has 0 spiro atoms. The summed E-state index contributed by atoms with van der Waals surface area (Å²) in [4.78, 5) is 17.6. The zero-order chi connectivity index (χ0) is 14.7. The number of primary amides is 1. The molecule has 0 unspecified atom stereocenters. The highest BCUT2D eigenvalue weighted by molar-refractivity contribution is 5.98. The van der Waals surface area contributed by atoms with Gasteiger partial charge >= 0.3 is 0 Å². The van der Waals surface area contributed by atoms with Gasteiger partial charge in [-0.2, -0.15) is 0 Å². The summed E-state index contributed by atoms with van der Waals surface area (Å²) in [7, 11) is 1.87. The third-order valence-corrected chi connectivity index (χ3v) is 3.02. The summed E-state index contributed by atoms with van der Waals surface area (Å²) in [6.45, 7) is 2.68. The van der Waals surface area contributed by atoms with Crippen molar-refractivity contribution in [3.63, 3.8) is 0 Å². The third-order valence-electron chi connectivity index (χ3n) is 3.02. The summed E-state index contributed by atoms with van der Waals surface area (Å²) in [6.07, 6.45) is 1.52. The molecule has 0 fully saturated rings. The van der Waals surface area contributed by atoms with Crippen LogP contribution in [-0.4, -0.2) is 17.9 Å². The van der Waals surface area contributed by atoms with Gasteiger partial charge in [-0.15, -0.1) is 0 Å². The molecule has 0 saturated heterocycles. The number of carbonyl (C=O) groups excluding carboxylic acids is 1. The molecular formula is C15H18N4O. The minimum absolute atomic E-state index is 0.333. The fourth-order valence-electron chi connectivity index (χ4n) is 2.12. The summed E-state index contributed by atoms with van der Waals surface area (Å²) in [6, 6.07) is 9.73. The van der Waals surface area contributed by atoms with Gasteiger partial charge in [0, 0.05) is 13.6 Å². The lowest BCUT2D eigenvalue weighted by Crippen LogP contribution is -2.23. The number of hydrogen-bond acceptors (Lipinski definition) is 4. The average molecular weight is 270 g/mol. The van der Waals surface area contributed by atoms with Crippen LogP contribution in [0.2, 0.25) is 0 Å². The van der Waals surface area contributed by atoms with Crippen LogP contribution in [-0.2, 0) is 6.54 Å². The molecule has 1 heterocycles. The van der Waals surface area contributed by atoms with Gasteiger partial charge in [-0.1, -0.05) is 29.8 Å². The van der Waals surface area contributed by atoms with E-state index in [4.69, 9.17) is 11.5 Å². The van der Waals surface area contributed by atoms with E-state index < -0.39 is 5.91 Å². The Kier molecular flexibility index (Phi) is 3.89. The van der Waals surface area contributed by atoms with E-state index in [1.807, 2.05) is 37.1 Å². The van der Waals surface area contributed by atoms with E-state index in [-0.39, 0.29) is 0 Å². The average Bonchev–Trinajstić information content (AvgIpc) is 2.38. The first kappa shape index (κ1) is 13.9. The largest absolute Gasteiger partial charge is 0.397 e. The molecule has 104 valence electrons. The van der Waals surface area contributed by atoms with Crippen LogP contribution in [0.15, 0.2) is 36.5 Å². The number of nitrogen functional groups attached to an aromatic ring is 1. The predicted octanol–water partition coefficient (Wildman–Crippen LogP) is 1.71. The Morgan fingerprint density at radius 1 is 1.35 bits per heavy atom. The number of nitrogens with two attached hydrogens (primary N) is 2. The summed E-state index contributed by atoms with van der Waals surface area (Å²) < 4.78 is 0. The number of aryl methyl sites for hydroxylation is 1. The highest BCUT2D eigenvalue weighted by Crippen LogP contribution is 2.20. The molecule has 2 aromatic rings. The number of pyridine rings is 1. The first-order valence-electron chi connectivity index (χ1n) is 6.29. The van der Waals surface area contributed by atoms with Crippen LogP contribution in [0.25, 0.3) is 0 Å². The quantitative estimate of drug-likeness (QED) is 0.885. The molecule has 20 heavy (non-hydrogen) atoms. The van der Waals surface area contributed by atoms with Gasteiger partial charge in [0.1, 0.15) is 5.82 Å². The molecule has 5 heteroatoms. The SMILES string of the molecule is Cc1cccc(CN(C)c2ncc(N)cc2C(N)=O)c1. The molecule has 0 atom stereocenters. The van der Waals surface area contributed by atoms with E-state index in [1.165, 1.54) is 11.8 Å². The number of rotatable bonds is 4. The van der Waals surface area contributed by atoms with Crippen LogP contribution in [0.1, 0.15) is 21.5 Å². The molecule has 2 rings (SSSR count). The maximum atomic E-state index is 11.5. The minimum Gasteiger partial charge on any atom is -0.397 e. The van der Waals surface area contributed by atoms with Crippen molar-refractivity contribution in [1.82, 2.24) is 4.98 Å². The standard InChI is InChI=1S/C15H18N4O/c1-10-4-3-5-11(6-10)9-19(2)15-13(14(17)20)7-12(16)8-18-15/h3-8H,9,16H2,1-2H3,(H2,17,20). The first-order valence-corrected chi connectivity index (χ1v) is 6.29. The van der Waals surface area contributed by atoms with Crippen molar-refractivity contribution in [1.29, 1.82) is 0 Å². The second-order valence-electron chi connectivity index (χ2n) is 4.85. The van der Waals surface area contributed by atoms with Crippen molar-refractivity contribution in [2.75, 3.05) is 17.7 Å². The minimum atomic E-state index is -0.532. The van der Waals surface area contributed by atoms with E-state index in [2.05, 4.69) is 11.1 Å². The molecule has 4 N–H and O–H groups in total. The van der Waals surface area contributed by atoms with Gasteiger partial charge in [-0.05, 0) is 18.6 Å². The highest BCUT2D eigenvalue weighted by Gasteiger charge is 2.14. The zero-order valence-electron chi connectivity index (χ0n) is 11.6. The maximum Gasteiger partial charge on any atom is 0.252 e. The fraction of sp³-hybridized carbons (Fsp3) is 0.200. The van der Waals surface area contributed by atoms with Crippen molar-refractivity contribution >= 4 is 17.4 Å². The molecular weight excluding hydrogens is 252 g/mol. The van der Waals surface area contributed by atoms with Crippen molar-refractivity contribution in [2.45, 2.75) is 13.5 Å². The molecule has 0 radical (unpaired) electrons. The van der Waals surface area contributed by atoms with E-state index in [1.54, 1.807) is 6.07 Å². The van der Waals surface area contributed by atoms with Gasteiger partial charge in [0.25, 0.3) is 5.91 Å². The van der Waals surface area contributed by atoms with E-state index in [9.17, 15) is 4.79 Å². The number of nitrogens with zero attached hydrogens (tertiary/aromatic N) is 2. The smallest absolute Gasteiger partial charge is 0.252 e. The van der Waals surface area contributed by atoms with Crippen LogP contribution in [0, 0.1) is 6.92 Å². The molecule has 1 amide bonds. The van der Waals surface area contributed by atoms with Gasteiger partial charge in [0.15, 0.2) is 0 Å². The van der Waals surface area contributed by atoms with Crippen LogP contribution in [0.5, 0.6) is 0 Å². The van der Waals surface area contributed by atoms with E-state index >= 15 is 0 Å². The molecule has 0 aliphatic heterocycles. The predicted molar refractivity (Wildman–Crippen MR) is 80.5 cm³/mol. The Morgan fingerprint density at radius 3 is 2.75 bits per heavy atom. The van der Waals surface area contributed by atoms with Gasteiger partial charge in [-0.25, -0.2) is 4.98 Å². The van der Waals surface area contributed by atoms with Crippen molar-refractivity contribution in [2.24, 2.45) is 5.73 Å². The van der Waals surface area contributed by atoms with Crippen molar-refractivity contribution in [3.05, 3.63) is 53.2 Å². The molecule has 0 aliphatic carbocycles. The normalized spacial score (nSPS) is 10.3. The Bertz CT molecular complexity index is 640. The van der Waals surface area contributed by atoms with Gasteiger partial charge in [-0.3, -0.25) is 4.79 Å². The van der Waals surface area contributed by atoms with Crippen molar-refractivity contribution < 1.29 is 4.79 Å². The maximum absolute atomic E-state index is 11.5. The number of amides is 1. The fourth-order valence-corrected chi connectivity index (χ4v) is 2.12. The van der Waals surface area contributed by atoms with E-state index in [0.29, 0.717) is 23.6 Å². The number of benzene rings is 1. The van der Waals surface area contributed by atoms with Gasteiger partial charge in [0.2, 0.25) is 0 Å². The number of anilines is 2. The van der Waals surface area contributed by atoms with Gasteiger partial charge < -0.3 is 16.4 Å². The number of hydrogen-bond donors (Lipinski definition) is 2. The second-order valence-corrected chi connectivity index (χ2v) is 4.85. The van der Waals surface area contributed by atoms with Crippen molar-refractivity contribution in [3.8, 4) is 0 Å². The third kappa shape index (κ3) is 3.06. The Balaban J connectivity index is 2.29. The van der Waals surface area contributed by atoms with Crippen LogP contribution in [0.3, 0.4) is 0 Å². The molecule has 1 aromatic carbocycles. The summed E-state index contributed by atoms with van der Waals surface area (Å²) in [5.41, 5.74) is 14.1. The first-order chi connectivity index (χ1) is 9.47. The molecule has 0 bridgehead atoms. The van der Waals surface area contributed by atoms with Gasteiger partial charge in [0.05, 0.1) is 17.4 Å². The lowest BCUT2D eigenvalue weighted by atomic mass is 10.1. The highest BCUT2D eigenvalue weighted by atomic mass is 16.1. The Hall–Kier alpha value is -2.56. The number of aromatic nitrogens is 1. The summed E-state index contributed by atoms with van der Waals surface area (Å²) in [5.74, 6) is 0.00379. The molecule has 5 nitrogen and oxygen atoms in total. The molecule has 0 saturated carbocycles.